The van der Waals surface area contributed by atoms with Crippen LogP contribution in [0.3, 0.4) is 0 Å². The highest BCUT2D eigenvalue weighted by Crippen LogP contribution is 2.16. The maximum Gasteiger partial charge on any atom is 0.224 e. The summed E-state index contributed by atoms with van der Waals surface area (Å²) in [5.74, 6) is -1.74. The molecule has 8 heteroatoms. The van der Waals surface area contributed by atoms with Crippen molar-refractivity contribution in [3.8, 4) is 0 Å². The summed E-state index contributed by atoms with van der Waals surface area (Å²) >= 11 is 1.60. The molecule has 0 bridgehead atoms. The highest BCUT2D eigenvalue weighted by molar-refractivity contribution is 7.98. The number of hydrogen-bond acceptors (Lipinski definition) is 5. The van der Waals surface area contributed by atoms with Gasteiger partial charge in [-0.15, -0.1) is 11.8 Å². The molecule has 1 unspecified atom stereocenters. The first-order chi connectivity index (χ1) is 14.3. The van der Waals surface area contributed by atoms with E-state index < -0.39 is 23.8 Å². The van der Waals surface area contributed by atoms with Crippen LogP contribution in [0.1, 0.15) is 18.1 Å². The molecule has 164 valence electrons. The molecule has 0 aliphatic carbocycles. The van der Waals surface area contributed by atoms with E-state index in [1.807, 2.05) is 30.5 Å². The minimum atomic E-state index is -1.02. The minimum absolute atomic E-state index is 0.0577. The van der Waals surface area contributed by atoms with Crippen molar-refractivity contribution in [2.45, 2.75) is 42.8 Å². The van der Waals surface area contributed by atoms with Crippen molar-refractivity contribution in [2.75, 3.05) is 19.4 Å². The van der Waals surface area contributed by atoms with Crippen molar-refractivity contribution in [1.82, 2.24) is 10.6 Å². The van der Waals surface area contributed by atoms with Crippen molar-refractivity contribution in [3.05, 3.63) is 65.2 Å². The summed E-state index contributed by atoms with van der Waals surface area (Å²) < 4.78 is 27.1. The Morgan fingerprint density at radius 1 is 1.10 bits per heavy atom. The largest absolute Gasteiger partial charge is 0.395 e. The first-order valence-electron chi connectivity index (χ1n) is 9.70. The van der Waals surface area contributed by atoms with Gasteiger partial charge in [-0.1, -0.05) is 12.1 Å². The Morgan fingerprint density at radius 3 is 2.30 bits per heavy atom. The molecule has 3 atom stereocenters. The minimum Gasteiger partial charge on any atom is -0.395 e. The molecule has 5 nitrogen and oxygen atoms in total. The molecule has 0 saturated heterocycles. The lowest BCUT2D eigenvalue weighted by molar-refractivity contribution is -0.122. The third-order valence-corrected chi connectivity index (χ3v) is 5.41. The normalized spacial score (nSPS) is 14.2. The second-order valence-electron chi connectivity index (χ2n) is 7.24. The van der Waals surface area contributed by atoms with Gasteiger partial charge in [-0.3, -0.25) is 4.79 Å². The molecule has 1 amide bonds. The molecule has 2 rings (SSSR count). The number of nitrogens with one attached hydrogen (secondary N) is 2. The highest BCUT2D eigenvalue weighted by Gasteiger charge is 2.23. The second-order valence-corrected chi connectivity index (χ2v) is 8.12. The van der Waals surface area contributed by atoms with E-state index >= 15 is 0 Å². The zero-order valence-corrected chi connectivity index (χ0v) is 17.9. The van der Waals surface area contributed by atoms with Gasteiger partial charge < -0.3 is 20.8 Å². The number of aliphatic hydroxyl groups excluding tert-OH is 2. The van der Waals surface area contributed by atoms with Crippen molar-refractivity contribution in [1.29, 1.82) is 0 Å². The van der Waals surface area contributed by atoms with Gasteiger partial charge in [0, 0.05) is 23.5 Å². The number of benzene rings is 2. The van der Waals surface area contributed by atoms with E-state index in [-0.39, 0.29) is 37.9 Å². The van der Waals surface area contributed by atoms with Crippen LogP contribution in [-0.2, 0) is 17.6 Å². The van der Waals surface area contributed by atoms with Gasteiger partial charge in [0.25, 0.3) is 0 Å². The first kappa shape index (κ1) is 24.3. The lowest BCUT2D eigenvalue weighted by Crippen LogP contribution is -2.50. The average molecular weight is 439 g/mol. The number of amides is 1. The van der Waals surface area contributed by atoms with Crippen LogP contribution in [0.4, 0.5) is 8.78 Å². The smallest absolute Gasteiger partial charge is 0.224 e. The number of aliphatic hydroxyl groups is 2. The fourth-order valence-electron chi connectivity index (χ4n) is 2.98. The van der Waals surface area contributed by atoms with Gasteiger partial charge in [-0.25, -0.2) is 8.78 Å². The first-order valence-corrected chi connectivity index (χ1v) is 10.9. The molecule has 0 fully saturated rings. The summed E-state index contributed by atoms with van der Waals surface area (Å²) in [5.41, 5.74) is 1.15. The van der Waals surface area contributed by atoms with E-state index in [1.165, 1.54) is 12.1 Å². The number of rotatable bonds is 11. The topological polar surface area (TPSA) is 81.6 Å². The van der Waals surface area contributed by atoms with Crippen LogP contribution in [0, 0.1) is 11.6 Å². The van der Waals surface area contributed by atoms with Crippen molar-refractivity contribution in [2.24, 2.45) is 0 Å². The maximum absolute atomic E-state index is 13.6. The van der Waals surface area contributed by atoms with E-state index in [2.05, 4.69) is 10.6 Å². The molecular formula is C22H28F2N2O3S. The number of carbonyl (C=O) groups is 1. The van der Waals surface area contributed by atoms with Crippen LogP contribution in [-0.4, -0.2) is 53.7 Å². The van der Waals surface area contributed by atoms with E-state index in [1.54, 1.807) is 18.7 Å². The van der Waals surface area contributed by atoms with Crippen molar-refractivity contribution < 1.29 is 23.8 Å². The SMILES string of the molecule is CSc1ccc(CC(=O)N[C@@H](Cc2cc(F)cc(F)c2)[C@H](O)CNC(C)CO)cc1. The van der Waals surface area contributed by atoms with E-state index in [9.17, 15) is 18.7 Å². The van der Waals surface area contributed by atoms with Crippen molar-refractivity contribution >= 4 is 17.7 Å². The Morgan fingerprint density at radius 2 is 1.73 bits per heavy atom. The second kappa shape index (κ2) is 12.0. The monoisotopic (exact) mass is 438 g/mol. The van der Waals surface area contributed by atoms with E-state index in [0.29, 0.717) is 5.56 Å². The summed E-state index contributed by atoms with van der Waals surface area (Å²) in [5, 5.41) is 25.5. The Kier molecular flexibility index (Phi) is 9.71. The zero-order chi connectivity index (χ0) is 22.1. The van der Waals surface area contributed by atoms with E-state index in [4.69, 9.17) is 5.11 Å². The molecular weight excluding hydrogens is 410 g/mol. The fraction of sp³-hybridized carbons (Fsp3) is 0.409. The maximum atomic E-state index is 13.6. The van der Waals surface area contributed by atoms with Crippen LogP contribution < -0.4 is 10.6 Å². The van der Waals surface area contributed by atoms with Gasteiger partial charge >= 0.3 is 0 Å². The molecule has 0 aliphatic heterocycles. The number of halogens is 2. The predicted molar refractivity (Wildman–Crippen MR) is 114 cm³/mol. The van der Waals surface area contributed by atoms with Gasteiger partial charge in [0.1, 0.15) is 11.6 Å². The quantitative estimate of drug-likeness (QED) is 0.405. The third kappa shape index (κ3) is 8.02. The summed E-state index contributed by atoms with van der Waals surface area (Å²) in [7, 11) is 0. The third-order valence-electron chi connectivity index (χ3n) is 4.66. The molecule has 2 aromatic rings. The van der Waals surface area contributed by atoms with Gasteiger partial charge in [0.15, 0.2) is 0 Å². The van der Waals surface area contributed by atoms with Crippen molar-refractivity contribution in [3.63, 3.8) is 0 Å². The van der Waals surface area contributed by atoms with Gasteiger partial charge in [-0.05, 0) is 55.0 Å². The summed E-state index contributed by atoms with van der Waals surface area (Å²) in [6, 6.07) is 9.72. The molecule has 0 aliphatic rings. The Bertz CT molecular complexity index is 800. The molecule has 0 spiro atoms. The lowest BCUT2D eigenvalue weighted by Gasteiger charge is -2.26. The van der Waals surface area contributed by atoms with Crippen LogP contribution in [0.15, 0.2) is 47.4 Å². The Hall–Kier alpha value is -2.00. The summed E-state index contributed by atoms with van der Waals surface area (Å²) in [4.78, 5) is 13.7. The van der Waals surface area contributed by atoms with Crippen LogP contribution in [0.2, 0.25) is 0 Å². The summed E-state index contributed by atoms with van der Waals surface area (Å²) in [6.45, 7) is 1.75. The lowest BCUT2D eigenvalue weighted by atomic mass is 10.00. The predicted octanol–water partition coefficient (Wildman–Crippen LogP) is 2.29. The van der Waals surface area contributed by atoms with Crippen LogP contribution in [0.25, 0.3) is 0 Å². The molecule has 0 radical (unpaired) electrons. The molecule has 2 aromatic carbocycles. The molecule has 30 heavy (non-hydrogen) atoms. The highest BCUT2D eigenvalue weighted by atomic mass is 32.2. The number of carbonyl (C=O) groups excluding carboxylic acids is 1. The van der Waals surface area contributed by atoms with Crippen LogP contribution in [0.5, 0.6) is 0 Å². The molecule has 0 saturated carbocycles. The Labute approximate surface area is 179 Å². The average Bonchev–Trinajstić information content (AvgIpc) is 2.71. The number of thioether (sulfide) groups is 1. The van der Waals surface area contributed by atoms with Gasteiger partial charge in [0.2, 0.25) is 5.91 Å². The molecule has 4 N–H and O–H groups in total. The fourth-order valence-corrected chi connectivity index (χ4v) is 3.39. The molecule has 0 heterocycles. The summed E-state index contributed by atoms with van der Waals surface area (Å²) in [6.07, 6.45) is 1.13. The molecule has 0 aromatic heterocycles. The number of hydrogen-bond donors (Lipinski definition) is 4. The Balaban J connectivity index is 2.09. The van der Waals surface area contributed by atoms with Crippen LogP contribution >= 0.6 is 11.8 Å². The zero-order valence-electron chi connectivity index (χ0n) is 17.1. The van der Waals surface area contributed by atoms with Gasteiger partial charge in [0.05, 0.1) is 25.2 Å². The van der Waals surface area contributed by atoms with Gasteiger partial charge in [-0.2, -0.15) is 0 Å². The standard InChI is InChI=1S/C22H28F2N2O3S/c1-14(13-27)25-12-21(28)20(9-16-7-17(23)11-18(24)8-16)26-22(29)10-15-3-5-19(30-2)6-4-15/h3-8,11,14,20-21,25,27-28H,9-10,12-13H2,1-2H3,(H,26,29)/t14?,20-,21+/m0/s1. The van der Waals surface area contributed by atoms with E-state index in [0.717, 1.165) is 16.5 Å².